The van der Waals surface area contributed by atoms with Gasteiger partial charge in [-0.1, -0.05) is 38.5 Å². The van der Waals surface area contributed by atoms with Gasteiger partial charge in [-0.3, -0.25) is 4.79 Å². The van der Waals surface area contributed by atoms with E-state index in [1.54, 1.807) is 7.11 Å². The Morgan fingerprint density at radius 1 is 1.28 bits per heavy atom. The molecule has 134 valence electrons. The third-order valence-electron chi connectivity index (χ3n) is 5.86. The number of rotatable bonds is 5. The fourth-order valence-corrected chi connectivity index (χ4v) is 4.00. The Labute approximate surface area is 151 Å². The minimum atomic E-state index is 0.0333. The van der Waals surface area contributed by atoms with Crippen molar-refractivity contribution in [3.8, 4) is 0 Å². The topological polar surface area (TPSA) is 38.3 Å². The van der Waals surface area contributed by atoms with E-state index in [0.29, 0.717) is 17.3 Å². The average Bonchev–Trinajstić information content (AvgIpc) is 2.98. The van der Waals surface area contributed by atoms with Gasteiger partial charge in [0.25, 0.3) is 5.91 Å². The number of hydrogen-bond acceptors (Lipinski definition) is 2. The van der Waals surface area contributed by atoms with Gasteiger partial charge in [-0.2, -0.15) is 0 Å². The zero-order valence-electron chi connectivity index (χ0n) is 15.5. The molecule has 2 unspecified atom stereocenters. The molecule has 0 bridgehead atoms. The summed E-state index contributed by atoms with van der Waals surface area (Å²) >= 11 is 0. The van der Waals surface area contributed by atoms with Crippen molar-refractivity contribution in [2.75, 3.05) is 13.7 Å². The molecule has 1 saturated carbocycles. The van der Waals surface area contributed by atoms with Crippen molar-refractivity contribution in [3.05, 3.63) is 59.4 Å². The Hall–Kier alpha value is -2.03. The van der Waals surface area contributed by atoms with Gasteiger partial charge in [0.2, 0.25) is 0 Å². The van der Waals surface area contributed by atoms with Crippen molar-refractivity contribution >= 4 is 5.91 Å². The predicted octanol–water partition coefficient (Wildman–Crippen LogP) is 4.82. The lowest BCUT2D eigenvalue weighted by molar-refractivity contribution is 0.0937. The third kappa shape index (κ3) is 4.15. The second-order valence-electron chi connectivity index (χ2n) is 7.93. The zero-order chi connectivity index (χ0) is 17.9. The molecule has 3 nitrogen and oxygen atoms in total. The molecule has 3 rings (SSSR count). The molecule has 0 saturated heterocycles. The van der Waals surface area contributed by atoms with Crippen molar-refractivity contribution in [1.29, 1.82) is 0 Å². The maximum atomic E-state index is 12.4. The molecular formula is C22H29NO2. The van der Waals surface area contributed by atoms with E-state index in [9.17, 15) is 4.79 Å². The van der Waals surface area contributed by atoms with E-state index in [0.717, 1.165) is 24.3 Å². The molecule has 3 heteroatoms. The molecule has 1 fully saturated rings. The molecule has 0 radical (unpaired) electrons. The first-order valence-corrected chi connectivity index (χ1v) is 9.30. The highest BCUT2D eigenvalue weighted by molar-refractivity contribution is 5.94. The molecule has 1 aromatic rings. The number of hydrogen-bond donors (Lipinski definition) is 1. The SMILES string of the molecule is COC1=CC(c2ccc(C(=O)NCC3CCCC3(C)C)cc2)CC=C1. The summed E-state index contributed by atoms with van der Waals surface area (Å²) in [5.74, 6) is 1.84. The van der Waals surface area contributed by atoms with Crippen LogP contribution in [0.15, 0.2) is 48.3 Å². The lowest BCUT2D eigenvalue weighted by Crippen LogP contribution is -2.33. The van der Waals surface area contributed by atoms with Crippen molar-refractivity contribution in [2.45, 2.75) is 45.4 Å². The number of nitrogens with one attached hydrogen (secondary N) is 1. The maximum Gasteiger partial charge on any atom is 0.251 e. The van der Waals surface area contributed by atoms with Gasteiger partial charge in [0.15, 0.2) is 0 Å². The molecule has 0 aliphatic heterocycles. The molecular weight excluding hydrogens is 310 g/mol. The Balaban J connectivity index is 1.59. The minimum absolute atomic E-state index is 0.0333. The van der Waals surface area contributed by atoms with Crippen molar-refractivity contribution in [1.82, 2.24) is 5.32 Å². The summed E-state index contributed by atoms with van der Waals surface area (Å²) in [6.45, 7) is 5.40. The Morgan fingerprint density at radius 2 is 2.04 bits per heavy atom. The molecule has 0 heterocycles. The molecule has 1 amide bonds. The number of allylic oxidation sites excluding steroid dienone is 3. The number of ether oxygens (including phenoxy) is 1. The summed E-state index contributed by atoms with van der Waals surface area (Å²) in [6, 6.07) is 7.98. The molecule has 2 aliphatic carbocycles. The summed E-state index contributed by atoms with van der Waals surface area (Å²) in [5, 5.41) is 3.13. The van der Waals surface area contributed by atoms with Crippen LogP contribution in [0.2, 0.25) is 0 Å². The molecule has 25 heavy (non-hydrogen) atoms. The van der Waals surface area contributed by atoms with Crippen molar-refractivity contribution in [2.24, 2.45) is 11.3 Å². The average molecular weight is 339 g/mol. The van der Waals surface area contributed by atoms with Crippen LogP contribution < -0.4 is 5.32 Å². The molecule has 0 aromatic heterocycles. The highest BCUT2D eigenvalue weighted by Gasteiger charge is 2.34. The van der Waals surface area contributed by atoms with Gasteiger partial charge in [0.05, 0.1) is 7.11 Å². The lowest BCUT2D eigenvalue weighted by atomic mass is 9.82. The number of amides is 1. The van der Waals surface area contributed by atoms with Crippen LogP contribution in [0.3, 0.4) is 0 Å². The monoisotopic (exact) mass is 339 g/mol. The summed E-state index contributed by atoms with van der Waals surface area (Å²) in [5.41, 5.74) is 2.30. The number of benzene rings is 1. The molecule has 2 aliphatic rings. The number of carbonyl (C=O) groups is 1. The van der Waals surface area contributed by atoms with Crippen molar-refractivity contribution in [3.63, 3.8) is 0 Å². The second kappa shape index (κ2) is 7.47. The number of carbonyl (C=O) groups excluding carboxylic acids is 1. The number of methoxy groups -OCH3 is 1. The van der Waals surface area contributed by atoms with E-state index < -0.39 is 0 Å². The van der Waals surface area contributed by atoms with Crippen LogP contribution in [0.1, 0.15) is 61.4 Å². The largest absolute Gasteiger partial charge is 0.497 e. The van der Waals surface area contributed by atoms with Crippen LogP contribution in [0, 0.1) is 11.3 Å². The van der Waals surface area contributed by atoms with E-state index in [4.69, 9.17) is 4.74 Å². The normalized spacial score (nSPS) is 24.7. The smallest absolute Gasteiger partial charge is 0.251 e. The van der Waals surface area contributed by atoms with E-state index >= 15 is 0 Å². The Morgan fingerprint density at radius 3 is 2.68 bits per heavy atom. The Bertz CT molecular complexity index is 670. The van der Waals surface area contributed by atoms with Gasteiger partial charge >= 0.3 is 0 Å². The fraction of sp³-hybridized carbons (Fsp3) is 0.500. The molecule has 1 aromatic carbocycles. The molecule has 2 atom stereocenters. The second-order valence-corrected chi connectivity index (χ2v) is 7.93. The van der Waals surface area contributed by atoms with Crippen LogP contribution in [-0.2, 0) is 4.74 Å². The quantitative estimate of drug-likeness (QED) is 0.835. The predicted molar refractivity (Wildman–Crippen MR) is 101 cm³/mol. The van der Waals surface area contributed by atoms with E-state index in [1.807, 2.05) is 18.2 Å². The summed E-state index contributed by atoms with van der Waals surface area (Å²) in [7, 11) is 1.69. The van der Waals surface area contributed by atoms with E-state index in [1.165, 1.54) is 24.8 Å². The van der Waals surface area contributed by atoms with Crippen molar-refractivity contribution < 1.29 is 9.53 Å². The summed E-state index contributed by atoms with van der Waals surface area (Å²) in [4.78, 5) is 12.4. The summed E-state index contributed by atoms with van der Waals surface area (Å²) in [6.07, 6.45) is 11.0. The van der Waals surface area contributed by atoms with Gasteiger partial charge in [0, 0.05) is 18.0 Å². The summed E-state index contributed by atoms with van der Waals surface area (Å²) < 4.78 is 5.31. The van der Waals surface area contributed by atoms with Gasteiger partial charge in [0.1, 0.15) is 5.76 Å². The standard InChI is InChI=1S/C22H29NO2/c1-22(2)13-5-7-19(22)15-23-21(24)17-11-9-16(10-12-17)18-6-4-8-20(14-18)25-3/h4,8-12,14,18-19H,5-7,13,15H2,1-3H3,(H,23,24). The van der Waals surface area contributed by atoms with Crippen LogP contribution in [0.4, 0.5) is 0 Å². The van der Waals surface area contributed by atoms with Gasteiger partial charge in [-0.25, -0.2) is 0 Å². The first kappa shape index (κ1) is 17.8. The molecule has 0 spiro atoms. The fourth-order valence-electron chi connectivity index (χ4n) is 4.00. The highest BCUT2D eigenvalue weighted by atomic mass is 16.5. The lowest BCUT2D eigenvalue weighted by Gasteiger charge is -2.27. The highest BCUT2D eigenvalue weighted by Crippen LogP contribution is 2.42. The molecule has 1 N–H and O–H groups in total. The van der Waals surface area contributed by atoms with Crippen LogP contribution in [0.5, 0.6) is 0 Å². The first-order valence-electron chi connectivity index (χ1n) is 9.30. The van der Waals surface area contributed by atoms with Crippen LogP contribution in [-0.4, -0.2) is 19.6 Å². The zero-order valence-corrected chi connectivity index (χ0v) is 15.5. The third-order valence-corrected chi connectivity index (χ3v) is 5.86. The van der Waals surface area contributed by atoms with E-state index in [2.05, 4.69) is 43.4 Å². The van der Waals surface area contributed by atoms with Gasteiger partial charge in [-0.15, -0.1) is 0 Å². The van der Waals surface area contributed by atoms with Crippen LogP contribution in [0.25, 0.3) is 0 Å². The Kier molecular flexibility index (Phi) is 5.31. The van der Waals surface area contributed by atoms with Gasteiger partial charge in [-0.05, 0) is 60.4 Å². The van der Waals surface area contributed by atoms with Crippen LogP contribution >= 0.6 is 0 Å². The first-order chi connectivity index (χ1) is 12.0. The minimum Gasteiger partial charge on any atom is -0.497 e. The maximum absolute atomic E-state index is 12.4. The van der Waals surface area contributed by atoms with E-state index in [-0.39, 0.29) is 5.91 Å². The van der Waals surface area contributed by atoms with Gasteiger partial charge < -0.3 is 10.1 Å².